The summed E-state index contributed by atoms with van der Waals surface area (Å²) in [4.78, 5) is 8.33. The lowest BCUT2D eigenvalue weighted by molar-refractivity contribution is 0.518. The molecule has 0 bridgehead atoms. The molecule has 0 saturated carbocycles. The Labute approximate surface area is 105 Å². The second-order valence-corrected chi connectivity index (χ2v) is 4.49. The molecule has 0 atom stereocenters. The summed E-state index contributed by atoms with van der Waals surface area (Å²) < 4.78 is 0.892. The third kappa shape index (κ3) is 3.33. The van der Waals surface area contributed by atoms with Crippen molar-refractivity contribution < 1.29 is 0 Å². The average molecular weight is 287 g/mol. The molecule has 0 aliphatic heterocycles. The van der Waals surface area contributed by atoms with Crippen molar-refractivity contribution in [3.05, 3.63) is 10.8 Å². The van der Waals surface area contributed by atoms with Gasteiger partial charge in [-0.2, -0.15) is 0 Å². The highest BCUT2D eigenvalue weighted by Crippen LogP contribution is 2.26. The Morgan fingerprint density at radius 2 is 1.88 bits per heavy atom. The van der Waals surface area contributed by atoms with Crippen molar-refractivity contribution in [3.63, 3.8) is 0 Å². The van der Waals surface area contributed by atoms with Gasteiger partial charge < -0.3 is 10.6 Å². The quantitative estimate of drug-likeness (QED) is 0.844. The van der Waals surface area contributed by atoms with Crippen LogP contribution in [0.15, 0.2) is 10.8 Å². The van der Waals surface area contributed by atoms with Crippen molar-refractivity contribution >= 4 is 27.6 Å². The Kier molecular flexibility index (Phi) is 5.52. The fourth-order valence-electron chi connectivity index (χ4n) is 1.49. The Bertz CT molecular complexity index is 326. The van der Waals surface area contributed by atoms with E-state index in [-0.39, 0.29) is 0 Å². The Balaban J connectivity index is 2.66. The van der Waals surface area contributed by atoms with Crippen LogP contribution >= 0.6 is 15.9 Å². The minimum atomic E-state index is 0.694. The fraction of sp³-hybridized carbons (Fsp3) is 0.636. The van der Waals surface area contributed by atoms with E-state index in [1.165, 1.54) is 12.8 Å². The highest BCUT2D eigenvalue weighted by Gasteiger charge is 2.09. The predicted octanol–water partition coefficient (Wildman–Crippen LogP) is 3.13. The summed E-state index contributed by atoms with van der Waals surface area (Å²) in [5, 5.41) is 6.36. The largest absolute Gasteiger partial charge is 0.372 e. The van der Waals surface area contributed by atoms with E-state index < -0.39 is 0 Å². The van der Waals surface area contributed by atoms with Crippen LogP contribution in [0.2, 0.25) is 0 Å². The number of nitrogens with zero attached hydrogens (tertiary/aromatic N) is 2. The number of rotatable bonds is 6. The third-order valence-electron chi connectivity index (χ3n) is 2.74. The van der Waals surface area contributed by atoms with Gasteiger partial charge in [0.15, 0.2) is 0 Å². The molecule has 0 spiro atoms. The third-order valence-corrected chi connectivity index (χ3v) is 3.49. The Morgan fingerprint density at radius 1 is 1.25 bits per heavy atom. The summed E-state index contributed by atoms with van der Waals surface area (Å²) in [6.07, 6.45) is 3.93. The van der Waals surface area contributed by atoms with Crippen molar-refractivity contribution in [2.24, 2.45) is 5.92 Å². The average Bonchev–Trinajstić information content (AvgIpc) is 2.32. The van der Waals surface area contributed by atoms with Crippen LogP contribution in [-0.2, 0) is 0 Å². The molecule has 4 nitrogen and oxygen atoms in total. The minimum Gasteiger partial charge on any atom is -0.372 e. The van der Waals surface area contributed by atoms with E-state index in [2.05, 4.69) is 50.4 Å². The van der Waals surface area contributed by atoms with Crippen LogP contribution in [0.25, 0.3) is 0 Å². The van der Waals surface area contributed by atoms with Crippen LogP contribution in [0.1, 0.15) is 26.7 Å². The summed E-state index contributed by atoms with van der Waals surface area (Å²) in [6.45, 7) is 5.37. The second kappa shape index (κ2) is 6.68. The Hall–Kier alpha value is -0.840. The molecule has 0 fully saturated rings. The highest BCUT2D eigenvalue weighted by atomic mass is 79.9. The van der Waals surface area contributed by atoms with Gasteiger partial charge in [0.05, 0.1) is 0 Å². The maximum Gasteiger partial charge on any atom is 0.145 e. The monoisotopic (exact) mass is 286 g/mol. The standard InChI is InChI=1S/C11H19BrN4/c1-4-8(5-2)6-14-11-9(12)10(13-3)15-7-16-11/h7-8H,4-6H2,1-3H3,(H2,13,14,15,16). The van der Waals surface area contributed by atoms with Crippen molar-refractivity contribution in [3.8, 4) is 0 Å². The number of nitrogens with one attached hydrogen (secondary N) is 2. The van der Waals surface area contributed by atoms with Gasteiger partial charge in [-0.1, -0.05) is 26.7 Å². The zero-order chi connectivity index (χ0) is 12.0. The van der Waals surface area contributed by atoms with Crippen molar-refractivity contribution in [1.82, 2.24) is 9.97 Å². The number of anilines is 2. The number of hydrogen-bond donors (Lipinski definition) is 2. The minimum absolute atomic E-state index is 0.694. The van der Waals surface area contributed by atoms with E-state index in [1.807, 2.05) is 7.05 Å². The summed E-state index contributed by atoms with van der Waals surface area (Å²) in [7, 11) is 1.85. The summed E-state index contributed by atoms with van der Waals surface area (Å²) in [5.74, 6) is 2.35. The van der Waals surface area contributed by atoms with E-state index in [9.17, 15) is 0 Å². The second-order valence-electron chi connectivity index (χ2n) is 3.70. The predicted molar refractivity (Wildman–Crippen MR) is 71.8 cm³/mol. The number of halogens is 1. The molecule has 16 heavy (non-hydrogen) atoms. The van der Waals surface area contributed by atoms with Crippen LogP contribution in [0.5, 0.6) is 0 Å². The molecule has 0 aliphatic rings. The van der Waals surface area contributed by atoms with E-state index in [1.54, 1.807) is 6.33 Å². The van der Waals surface area contributed by atoms with Crippen molar-refractivity contribution in [2.75, 3.05) is 24.2 Å². The first kappa shape index (κ1) is 13.2. The van der Waals surface area contributed by atoms with Crippen molar-refractivity contribution in [2.45, 2.75) is 26.7 Å². The lowest BCUT2D eigenvalue weighted by atomic mass is 10.0. The molecule has 1 rings (SSSR count). The fourth-order valence-corrected chi connectivity index (χ4v) is 2.03. The van der Waals surface area contributed by atoms with Gasteiger partial charge in [0.25, 0.3) is 0 Å². The highest BCUT2D eigenvalue weighted by molar-refractivity contribution is 9.10. The van der Waals surface area contributed by atoms with Gasteiger partial charge in [-0.15, -0.1) is 0 Å². The zero-order valence-electron chi connectivity index (χ0n) is 10.0. The van der Waals surface area contributed by atoms with E-state index in [4.69, 9.17) is 0 Å². The first-order valence-electron chi connectivity index (χ1n) is 5.65. The lowest BCUT2D eigenvalue weighted by Gasteiger charge is -2.15. The number of hydrogen-bond acceptors (Lipinski definition) is 4. The molecule has 0 amide bonds. The molecule has 90 valence electrons. The summed E-state index contributed by atoms with van der Waals surface area (Å²) in [6, 6.07) is 0. The molecule has 0 unspecified atom stereocenters. The van der Waals surface area contributed by atoms with Crippen LogP contribution in [0.4, 0.5) is 11.6 Å². The van der Waals surface area contributed by atoms with Crippen LogP contribution in [0.3, 0.4) is 0 Å². The molecule has 1 heterocycles. The summed E-state index contributed by atoms with van der Waals surface area (Å²) in [5.41, 5.74) is 0. The number of aromatic nitrogens is 2. The lowest BCUT2D eigenvalue weighted by Crippen LogP contribution is -2.14. The molecule has 0 saturated heterocycles. The molecule has 0 aromatic carbocycles. The maximum absolute atomic E-state index is 4.22. The summed E-state index contributed by atoms with van der Waals surface area (Å²) >= 11 is 3.49. The molecule has 0 aliphatic carbocycles. The van der Waals surface area contributed by atoms with Crippen LogP contribution in [0, 0.1) is 5.92 Å². The first-order valence-corrected chi connectivity index (χ1v) is 6.44. The first-order chi connectivity index (χ1) is 7.72. The normalized spacial score (nSPS) is 10.6. The zero-order valence-corrected chi connectivity index (χ0v) is 11.6. The Morgan fingerprint density at radius 3 is 2.44 bits per heavy atom. The van der Waals surface area contributed by atoms with E-state index >= 15 is 0 Å². The van der Waals surface area contributed by atoms with Crippen molar-refractivity contribution in [1.29, 1.82) is 0 Å². The van der Waals surface area contributed by atoms with Crippen LogP contribution < -0.4 is 10.6 Å². The molecule has 2 N–H and O–H groups in total. The molecule has 1 aromatic rings. The smallest absolute Gasteiger partial charge is 0.145 e. The van der Waals surface area contributed by atoms with Gasteiger partial charge in [-0.3, -0.25) is 0 Å². The molecular formula is C11H19BrN4. The van der Waals surface area contributed by atoms with Gasteiger partial charge in [-0.25, -0.2) is 9.97 Å². The molecule has 5 heteroatoms. The van der Waals surface area contributed by atoms with Crippen LogP contribution in [-0.4, -0.2) is 23.6 Å². The van der Waals surface area contributed by atoms with Gasteiger partial charge in [0.2, 0.25) is 0 Å². The molecular weight excluding hydrogens is 268 g/mol. The SMILES string of the molecule is CCC(CC)CNc1ncnc(NC)c1Br. The van der Waals surface area contributed by atoms with Gasteiger partial charge in [0.1, 0.15) is 22.4 Å². The van der Waals surface area contributed by atoms with Gasteiger partial charge >= 0.3 is 0 Å². The van der Waals surface area contributed by atoms with E-state index in [0.717, 1.165) is 22.7 Å². The van der Waals surface area contributed by atoms with Gasteiger partial charge in [-0.05, 0) is 21.8 Å². The molecule has 1 aromatic heterocycles. The van der Waals surface area contributed by atoms with E-state index in [0.29, 0.717) is 5.92 Å². The topological polar surface area (TPSA) is 49.8 Å². The molecule has 0 radical (unpaired) electrons. The van der Waals surface area contributed by atoms with Gasteiger partial charge in [0, 0.05) is 13.6 Å². The maximum atomic E-state index is 4.22.